The predicted octanol–water partition coefficient (Wildman–Crippen LogP) is 1.80. The van der Waals surface area contributed by atoms with E-state index in [4.69, 9.17) is 10.5 Å². The summed E-state index contributed by atoms with van der Waals surface area (Å²) in [4.78, 5) is 14.4. The zero-order chi connectivity index (χ0) is 15.7. The highest BCUT2D eigenvalue weighted by molar-refractivity contribution is 5.96. The molecular formula is C17H24N2O2. The van der Waals surface area contributed by atoms with Crippen molar-refractivity contribution in [2.24, 2.45) is 5.73 Å². The first kappa shape index (κ1) is 17.2. The van der Waals surface area contributed by atoms with Gasteiger partial charge in [-0.05, 0) is 38.5 Å². The van der Waals surface area contributed by atoms with Crippen LogP contribution in [0.4, 0.5) is 0 Å². The molecule has 0 saturated carbocycles. The third-order valence-electron chi connectivity index (χ3n) is 3.18. The molecule has 0 bridgehead atoms. The van der Waals surface area contributed by atoms with Crippen molar-refractivity contribution in [1.29, 1.82) is 0 Å². The van der Waals surface area contributed by atoms with Crippen molar-refractivity contribution in [3.63, 3.8) is 0 Å². The SMILES string of the molecule is CCOCCN(CC)C(=O)c1cc(C#CCN)ccc1C. The molecule has 0 saturated heterocycles. The Kier molecular flexibility index (Phi) is 7.52. The van der Waals surface area contributed by atoms with Gasteiger partial charge >= 0.3 is 0 Å². The van der Waals surface area contributed by atoms with Gasteiger partial charge in [0.15, 0.2) is 0 Å². The number of aryl methyl sites for hydroxylation is 1. The third kappa shape index (κ3) is 5.22. The van der Waals surface area contributed by atoms with E-state index < -0.39 is 0 Å². The van der Waals surface area contributed by atoms with Gasteiger partial charge in [-0.1, -0.05) is 17.9 Å². The van der Waals surface area contributed by atoms with E-state index in [9.17, 15) is 4.79 Å². The second-order valence-corrected chi connectivity index (χ2v) is 4.62. The van der Waals surface area contributed by atoms with Gasteiger partial charge in [0.25, 0.3) is 5.91 Å². The molecule has 0 aliphatic heterocycles. The van der Waals surface area contributed by atoms with Crippen LogP contribution in [0, 0.1) is 18.8 Å². The second kappa shape index (κ2) is 9.17. The van der Waals surface area contributed by atoms with Crippen LogP contribution >= 0.6 is 0 Å². The van der Waals surface area contributed by atoms with Gasteiger partial charge in [0.1, 0.15) is 0 Å². The van der Waals surface area contributed by atoms with Crippen molar-refractivity contribution in [1.82, 2.24) is 4.90 Å². The highest BCUT2D eigenvalue weighted by Gasteiger charge is 2.16. The topological polar surface area (TPSA) is 55.6 Å². The van der Waals surface area contributed by atoms with Crippen LogP contribution in [0.5, 0.6) is 0 Å². The molecule has 0 aliphatic rings. The number of nitrogens with two attached hydrogens (primary N) is 1. The summed E-state index contributed by atoms with van der Waals surface area (Å²) in [5.74, 6) is 5.79. The van der Waals surface area contributed by atoms with Gasteiger partial charge in [0, 0.05) is 30.8 Å². The largest absolute Gasteiger partial charge is 0.380 e. The fourth-order valence-corrected chi connectivity index (χ4v) is 1.98. The lowest BCUT2D eigenvalue weighted by molar-refractivity contribution is 0.0668. The summed E-state index contributed by atoms with van der Waals surface area (Å²) in [6.45, 7) is 8.64. The molecule has 1 amide bonds. The first-order valence-electron chi connectivity index (χ1n) is 7.30. The molecule has 0 heterocycles. The molecular weight excluding hydrogens is 264 g/mol. The number of nitrogens with zero attached hydrogens (tertiary/aromatic N) is 1. The van der Waals surface area contributed by atoms with Gasteiger partial charge in [0.2, 0.25) is 0 Å². The Morgan fingerprint density at radius 2 is 2.14 bits per heavy atom. The molecule has 4 nitrogen and oxygen atoms in total. The number of ether oxygens (including phenoxy) is 1. The fraction of sp³-hybridized carbons (Fsp3) is 0.471. The van der Waals surface area contributed by atoms with Crippen molar-refractivity contribution < 1.29 is 9.53 Å². The summed E-state index contributed by atoms with van der Waals surface area (Å²) in [5.41, 5.74) is 7.84. The molecule has 0 aliphatic carbocycles. The van der Waals surface area contributed by atoms with E-state index in [-0.39, 0.29) is 5.91 Å². The molecule has 0 spiro atoms. The van der Waals surface area contributed by atoms with Gasteiger partial charge in [-0.15, -0.1) is 0 Å². The average molecular weight is 288 g/mol. The van der Waals surface area contributed by atoms with Gasteiger partial charge in [-0.3, -0.25) is 4.79 Å². The van der Waals surface area contributed by atoms with E-state index in [1.54, 1.807) is 4.90 Å². The number of carbonyl (C=O) groups excluding carboxylic acids is 1. The summed E-state index contributed by atoms with van der Waals surface area (Å²) in [7, 11) is 0. The third-order valence-corrected chi connectivity index (χ3v) is 3.18. The molecule has 21 heavy (non-hydrogen) atoms. The normalized spacial score (nSPS) is 9.90. The highest BCUT2D eigenvalue weighted by atomic mass is 16.5. The van der Waals surface area contributed by atoms with Crippen LogP contribution in [0.2, 0.25) is 0 Å². The second-order valence-electron chi connectivity index (χ2n) is 4.62. The van der Waals surface area contributed by atoms with Crippen LogP contribution in [0.25, 0.3) is 0 Å². The average Bonchev–Trinajstić information content (AvgIpc) is 2.50. The predicted molar refractivity (Wildman–Crippen MR) is 85.2 cm³/mol. The van der Waals surface area contributed by atoms with Crippen molar-refractivity contribution >= 4 is 5.91 Å². The number of rotatable bonds is 6. The standard InChI is InChI=1S/C17H24N2O2/c1-4-19(11-12-21-5-2)17(20)16-13-15(7-6-10-18)9-8-14(16)3/h8-9,13H,4-5,10-12,18H2,1-3H3. The first-order chi connectivity index (χ1) is 10.1. The number of benzene rings is 1. The van der Waals surface area contributed by atoms with Crippen molar-refractivity contribution in [3.05, 3.63) is 34.9 Å². The molecule has 1 aromatic carbocycles. The smallest absolute Gasteiger partial charge is 0.254 e. The van der Waals surface area contributed by atoms with Crippen LogP contribution in [0.15, 0.2) is 18.2 Å². The lowest BCUT2D eigenvalue weighted by atomic mass is 10.0. The maximum Gasteiger partial charge on any atom is 0.254 e. The molecule has 2 N–H and O–H groups in total. The van der Waals surface area contributed by atoms with Gasteiger partial charge in [0.05, 0.1) is 13.2 Å². The minimum Gasteiger partial charge on any atom is -0.380 e. The Bertz CT molecular complexity index is 529. The minimum absolute atomic E-state index is 0.0195. The van der Waals surface area contributed by atoms with Crippen LogP contribution < -0.4 is 5.73 Å². The number of carbonyl (C=O) groups is 1. The summed E-state index contributed by atoms with van der Waals surface area (Å²) >= 11 is 0. The summed E-state index contributed by atoms with van der Waals surface area (Å²) in [6, 6.07) is 5.67. The molecule has 0 fully saturated rings. The Morgan fingerprint density at radius 1 is 1.38 bits per heavy atom. The van der Waals surface area contributed by atoms with Crippen LogP contribution in [-0.2, 0) is 4.74 Å². The molecule has 1 aromatic rings. The van der Waals surface area contributed by atoms with E-state index >= 15 is 0 Å². The Hall–Kier alpha value is -1.83. The number of hydrogen-bond donors (Lipinski definition) is 1. The maximum absolute atomic E-state index is 12.6. The van der Waals surface area contributed by atoms with E-state index in [2.05, 4.69) is 11.8 Å². The maximum atomic E-state index is 12.6. The van der Waals surface area contributed by atoms with E-state index in [0.29, 0.717) is 38.4 Å². The van der Waals surface area contributed by atoms with E-state index in [1.165, 1.54) is 0 Å². The molecule has 0 aromatic heterocycles. The quantitative estimate of drug-likeness (QED) is 0.641. The Morgan fingerprint density at radius 3 is 2.76 bits per heavy atom. The van der Waals surface area contributed by atoms with Gasteiger partial charge in [-0.2, -0.15) is 0 Å². The molecule has 4 heteroatoms. The first-order valence-corrected chi connectivity index (χ1v) is 7.30. The van der Waals surface area contributed by atoms with E-state index in [1.807, 2.05) is 39.0 Å². The van der Waals surface area contributed by atoms with Gasteiger partial charge in [-0.25, -0.2) is 0 Å². The van der Waals surface area contributed by atoms with Crippen molar-refractivity contribution in [2.45, 2.75) is 20.8 Å². The van der Waals surface area contributed by atoms with E-state index in [0.717, 1.165) is 11.1 Å². The van der Waals surface area contributed by atoms with Crippen molar-refractivity contribution in [2.75, 3.05) is 32.8 Å². The van der Waals surface area contributed by atoms with Crippen LogP contribution in [0.3, 0.4) is 0 Å². The van der Waals surface area contributed by atoms with Crippen molar-refractivity contribution in [3.8, 4) is 11.8 Å². The summed E-state index contributed by atoms with van der Waals surface area (Å²) in [6.07, 6.45) is 0. The molecule has 114 valence electrons. The highest BCUT2D eigenvalue weighted by Crippen LogP contribution is 2.13. The lowest BCUT2D eigenvalue weighted by Gasteiger charge is -2.21. The molecule has 0 atom stereocenters. The number of amides is 1. The van der Waals surface area contributed by atoms with Gasteiger partial charge < -0.3 is 15.4 Å². The fourth-order valence-electron chi connectivity index (χ4n) is 1.98. The zero-order valence-corrected chi connectivity index (χ0v) is 13.1. The molecule has 0 radical (unpaired) electrons. The Balaban J connectivity index is 2.93. The Labute approximate surface area is 127 Å². The summed E-state index contributed by atoms with van der Waals surface area (Å²) < 4.78 is 5.33. The number of likely N-dealkylation sites (N-methyl/N-ethyl adjacent to an activating group) is 1. The number of hydrogen-bond acceptors (Lipinski definition) is 3. The minimum atomic E-state index is 0.0195. The molecule has 1 rings (SSSR count). The summed E-state index contributed by atoms with van der Waals surface area (Å²) in [5, 5.41) is 0. The lowest BCUT2D eigenvalue weighted by Crippen LogP contribution is -2.34. The molecule has 0 unspecified atom stereocenters. The van der Waals surface area contributed by atoms with Crippen LogP contribution in [-0.4, -0.2) is 43.7 Å². The zero-order valence-electron chi connectivity index (χ0n) is 13.1. The monoisotopic (exact) mass is 288 g/mol. The van der Waals surface area contributed by atoms with Crippen LogP contribution in [0.1, 0.15) is 35.3 Å².